The van der Waals surface area contributed by atoms with Crippen molar-refractivity contribution in [1.82, 2.24) is 15.5 Å². The van der Waals surface area contributed by atoms with E-state index < -0.39 is 0 Å². The molecule has 1 atom stereocenters. The van der Waals surface area contributed by atoms with Gasteiger partial charge in [0.15, 0.2) is 5.96 Å². The van der Waals surface area contributed by atoms with Gasteiger partial charge in [-0.05, 0) is 43.0 Å². The zero-order valence-corrected chi connectivity index (χ0v) is 17.4. The molecule has 1 aliphatic heterocycles. The van der Waals surface area contributed by atoms with Gasteiger partial charge in [0.05, 0.1) is 7.11 Å². The SMILES string of the molecule is CN=C(NCCc1ccc(OC)cc1O)NCC1CCCN1Cc1ccccc1. The van der Waals surface area contributed by atoms with Crippen LogP contribution in [0.5, 0.6) is 11.5 Å². The maximum atomic E-state index is 10.1. The fourth-order valence-corrected chi connectivity index (χ4v) is 3.79. The summed E-state index contributed by atoms with van der Waals surface area (Å²) >= 11 is 0. The van der Waals surface area contributed by atoms with Gasteiger partial charge in [-0.1, -0.05) is 36.4 Å². The van der Waals surface area contributed by atoms with Gasteiger partial charge >= 0.3 is 0 Å². The molecule has 29 heavy (non-hydrogen) atoms. The molecule has 1 aliphatic rings. The van der Waals surface area contributed by atoms with Crippen molar-refractivity contribution in [3.8, 4) is 11.5 Å². The molecule has 0 radical (unpaired) electrons. The summed E-state index contributed by atoms with van der Waals surface area (Å²) < 4.78 is 5.13. The standard InChI is InChI=1S/C23H32N4O2/c1-24-23(25-13-12-19-10-11-21(29-2)15-22(19)28)26-16-20-9-6-14-27(20)17-18-7-4-3-5-8-18/h3-5,7-8,10-11,15,20,28H,6,9,12-14,16-17H2,1-2H3,(H2,24,25,26). The number of benzene rings is 2. The lowest BCUT2D eigenvalue weighted by molar-refractivity contribution is 0.245. The van der Waals surface area contributed by atoms with E-state index in [1.54, 1.807) is 20.2 Å². The van der Waals surface area contributed by atoms with Crippen molar-refractivity contribution in [3.05, 3.63) is 59.7 Å². The third-order valence-electron chi connectivity index (χ3n) is 5.44. The van der Waals surface area contributed by atoms with E-state index in [0.29, 0.717) is 24.8 Å². The Morgan fingerprint density at radius 3 is 2.76 bits per heavy atom. The van der Waals surface area contributed by atoms with Gasteiger partial charge in [0, 0.05) is 38.8 Å². The van der Waals surface area contributed by atoms with Crippen LogP contribution in [0, 0.1) is 0 Å². The van der Waals surface area contributed by atoms with Crippen LogP contribution in [0.2, 0.25) is 0 Å². The number of phenols is 1. The van der Waals surface area contributed by atoms with E-state index in [4.69, 9.17) is 4.74 Å². The molecule has 0 aromatic heterocycles. The molecule has 1 fully saturated rings. The highest BCUT2D eigenvalue weighted by atomic mass is 16.5. The molecule has 0 amide bonds. The third-order valence-corrected chi connectivity index (χ3v) is 5.44. The van der Waals surface area contributed by atoms with E-state index in [2.05, 4.69) is 50.9 Å². The van der Waals surface area contributed by atoms with E-state index in [0.717, 1.165) is 31.2 Å². The van der Waals surface area contributed by atoms with Gasteiger partial charge in [-0.3, -0.25) is 9.89 Å². The number of hydrogen-bond acceptors (Lipinski definition) is 4. The van der Waals surface area contributed by atoms with Gasteiger partial charge < -0.3 is 20.5 Å². The molecule has 1 saturated heterocycles. The molecule has 0 bridgehead atoms. The summed E-state index contributed by atoms with van der Waals surface area (Å²) in [6.07, 6.45) is 3.15. The molecule has 0 aliphatic carbocycles. The van der Waals surface area contributed by atoms with Crippen molar-refractivity contribution in [2.24, 2.45) is 4.99 Å². The highest BCUT2D eigenvalue weighted by Gasteiger charge is 2.24. The van der Waals surface area contributed by atoms with Crippen LogP contribution in [0.3, 0.4) is 0 Å². The summed E-state index contributed by atoms with van der Waals surface area (Å²) in [4.78, 5) is 6.88. The zero-order chi connectivity index (χ0) is 20.5. The van der Waals surface area contributed by atoms with Crippen molar-refractivity contribution in [1.29, 1.82) is 0 Å². The maximum Gasteiger partial charge on any atom is 0.191 e. The molecule has 6 nitrogen and oxygen atoms in total. The lowest BCUT2D eigenvalue weighted by Crippen LogP contribution is -2.45. The Bertz CT molecular complexity index is 795. The second-order valence-corrected chi connectivity index (χ2v) is 7.38. The number of hydrogen-bond donors (Lipinski definition) is 3. The van der Waals surface area contributed by atoms with E-state index in [-0.39, 0.29) is 5.75 Å². The minimum absolute atomic E-state index is 0.261. The summed E-state index contributed by atoms with van der Waals surface area (Å²) in [5, 5.41) is 16.9. The van der Waals surface area contributed by atoms with Crippen LogP contribution in [-0.2, 0) is 13.0 Å². The number of aromatic hydroxyl groups is 1. The van der Waals surface area contributed by atoms with Gasteiger partial charge in [0.1, 0.15) is 11.5 Å². The number of likely N-dealkylation sites (tertiary alicyclic amines) is 1. The van der Waals surface area contributed by atoms with Crippen molar-refractivity contribution in [2.75, 3.05) is 33.8 Å². The lowest BCUT2D eigenvalue weighted by Gasteiger charge is -2.25. The molecule has 6 heteroatoms. The number of rotatable bonds is 8. The zero-order valence-electron chi connectivity index (χ0n) is 17.4. The van der Waals surface area contributed by atoms with Crippen LogP contribution in [0.15, 0.2) is 53.5 Å². The first-order valence-electron chi connectivity index (χ1n) is 10.3. The Morgan fingerprint density at radius 1 is 1.21 bits per heavy atom. The number of aliphatic imine (C=N–C) groups is 1. The van der Waals surface area contributed by atoms with Gasteiger partial charge in [-0.25, -0.2) is 0 Å². The summed E-state index contributed by atoms with van der Waals surface area (Å²) in [5.41, 5.74) is 2.25. The van der Waals surface area contributed by atoms with E-state index >= 15 is 0 Å². The lowest BCUT2D eigenvalue weighted by atomic mass is 10.1. The molecule has 156 valence electrons. The Kier molecular flexibility index (Phi) is 7.76. The monoisotopic (exact) mass is 396 g/mol. The average Bonchev–Trinajstić information content (AvgIpc) is 3.19. The Balaban J connectivity index is 1.44. The number of nitrogens with zero attached hydrogens (tertiary/aromatic N) is 2. The highest BCUT2D eigenvalue weighted by molar-refractivity contribution is 5.79. The number of methoxy groups -OCH3 is 1. The Labute approximate surface area is 173 Å². The Hall–Kier alpha value is -2.73. The minimum atomic E-state index is 0.261. The first-order valence-corrected chi connectivity index (χ1v) is 10.3. The number of ether oxygens (including phenoxy) is 1. The second kappa shape index (κ2) is 10.7. The quantitative estimate of drug-likeness (QED) is 0.473. The maximum absolute atomic E-state index is 10.1. The first-order chi connectivity index (χ1) is 14.2. The normalized spacial score (nSPS) is 17.3. The van der Waals surface area contributed by atoms with Crippen LogP contribution < -0.4 is 15.4 Å². The predicted octanol–water partition coefficient (Wildman–Crippen LogP) is 2.77. The van der Waals surface area contributed by atoms with Crippen molar-refractivity contribution >= 4 is 5.96 Å². The molecule has 2 aromatic rings. The molecule has 0 spiro atoms. The van der Waals surface area contributed by atoms with Crippen LogP contribution in [0.1, 0.15) is 24.0 Å². The molecule has 0 saturated carbocycles. The molecular formula is C23H32N4O2. The average molecular weight is 397 g/mol. The molecule has 3 rings (SSSR count). The van der Waals surface area contributed by atoms with Crippen LogP contribution >= 0.6 is 0 Å². The van der Waals surface area contributed by atoms with E-state index in [1.165, 1.54) is 18.4 Å². The van der Waals surface area contributed by atoms with Crippen LogP contribution in [0.4, 0.5) is 0 Å². The van der Waals surface area contributed by atoms with Crippen molar-refractivity contribution in [3.63, 3.8) is 0 Å². The van der Waals surface area contributed by atoms with Gasteiger partial charge in [0.2, 0.25) is 0 Å². The molecule has 1 heterocycles. The predicted molar refractivity (Wildman–Crippen MR) is 118 cm³/mol. The van der Waals surface area contributed by atoms with Crippen LogP contribution in [0.25, 0.3) is 0 Å². The summed E-state index contributed by atoms with van der Waals surface area (Å²) in [5.74, 6) is 1.72. The highest BCUT2D eigenvalue weighted by Crippen LogP contribution is 2.23. The number of nitrogens with one attached hydrogen (secondary N) is 2. The fraction of sp³-hybridized carbons (Fsp3) is 0.435. The molecule has 2 aromatic carbocycles. The van der Waals surface area contributed by atoms with Crippen LogP contribution in [-0.4, -0.2) is 55.8 Å². The third kappa shape index (κ3) is 6.12. The molecular weight excluding hydrogens is 364 g/mol. The van der Waals surface area contributed by atoms with E-state index in [1.807, 2.05) is 12.1 Å². The molecule has 1 unspecified atom stereocenters. The van der Waals surface area contributed by atoms with E-state index in [9.17, 15) is 5.11 Å². The first kappa shape index (κ1) is 21.0. The second-order valence-electron chi connectivity index (χ2n) is 7.38. The minimum Gasteiger partial charge on any atom is -0.508 e. The van der Waals surface area contributed by atoms with Gasteiger partial charge in [-0.2, -0.15) is 0 Å². The fourth-order valence-electron chi connectivity index (χ4n) is 3.79. The topological polar surface area (TPSA) is 69.1 Å². The summed E-state index contributed by atoms with van der Waals surface area (Å²) in [7, 11) is 3.38. The number of guanidine groups is 1. The number of phenolic OH excluding ortho intramolecular Hbond substituents is 1. The largest absolute Gasteiger partial charge is 0.508 e. The molecule has 3 N–H and O–H groups in total. The smallest absolute Gasteiger partial charge is 0.191 e. The van der Waals surface area contributed by atoms with Gasteiger partial charge in [-0.15, -0.1) is 0 Å². The summed E-state index contributed by atoms with van der Waals surface area (Å²) in [6, 6.07) is 16.6. The van der Waals surface area contributed by atoms with Crippen molar-refractivity contribution in [2.45, 2.75) is 31.8 Å². The summed E-state index contributed by atoms with van der Waals surface area (Å²) in [6.45, 7) is 3.71. The Morgan fingerprint density at radius 2 is 2.03 bits per heavy atom. The van der Waals surface area contributed by atoms with Gasteiger partial charge in [0.25, 0.3) is 0 Å². The van der Waals surface area contributed by atoms with Crippen molar-refractivity contribution < 1.29 is 9.84 Å².